The van der Waals surface area contributed by atoms with E-state index in [0.29, 0.717) is 0 Å². The van der Waals surface area contributed by atoms with Crippen LogP contribution in [0, 0.1) is 0 Å². The van der Waals surface area contributed by atoms with Gasteiger partial charge in [-0.15, -0.1) is 0 Å². The highest BCUT2D eigenvalue weighted by molar-refractivity contribution is 6.00. The van der Waals surface area contributed by atoms with Crippen molar-refractivity contribution < 1.29 is 9.47 Å². The van der Waals surface area contributed by atoms with Crippen LogP contribution in [0.1, 0.15) is 37.8 Å². The summed E-state index contributed by atoms with van der Waals surface area (Å²) in [5.41, 5.74) is 2.01. The fourth-order valence-corrected chi connectivity index (χ4v) is 2.36. The van der Waals surface area contributed by atoms with Gasteiger partial charge in [0.1, 0.15) is 12.2 Å². The van der Waals surface area contributed by atoms with Crippen molar-refractivity contribution in [2.24, 2.45) is 9.98 Å². The van der Waals surface area contributed by atoms with Gasteiger partial charge in [0.2, 0.25) is 11.8 Å². The standard InChI is InChI=1S/C16H20N2O2/c1-3-13-9-17-15(19-13)11-6-5-7-12(8-11)16-18-10-14(4-2)20-16/h5-8,13-14H,3-4,9-10H2,1-2H3. The molecule has 4 nitrogen and oxygen atoms in total. The summed E-state index contributed by atoms with van der Waals surface area (Å²) in [6.45, 7) is 5.74. The zero-order valence-corrected chi connectivity index (χ0v) is 12.0. The van der Waals surface area contributed by atoms with Crippen LogP contribution in [0.3, 0.4) is 0 Å². The molecule has 4 heteroatoms. The summed E-state index contributed by atoms with van der Waals surface area (Å²) in [5.74, 6) is 1.48. The van der Waals surface area contributed by atoms with Crippen LogP contribution in [0.2, 0.25) is 0 Å². The van der Waals surface area contributed by atoms with E-state index in [1.165, 1.54) is 0 Å². The molecule has 0 amide bonds. The topological polar surface area (TPSA) is 43.2 Å². The van der Waals surface area contributed by atoms with Crippen LogP contribution in [-0.2, 0) is 9.47 Å². The molecule has 20 heavy (non-hydrogen) atoms. The van der Waals surface area contributed by atoms with Gasteiger partial charge in [0.25, 0.3) is 0 Å². The smallest absolute Gasteiger partial charge is 0.216 e. The van der Waals surface area contributed by atoms with Crippen LogP contribution in [0.25, 0.3) is 0 Å². The lowest BCUT2D eigenvalue weighted by molar-refractivity contribution is 0.220. The lowest BCUT2D eigenvalue weighted by Crippen LogP contribution is -2.14. The van der Waals surface area contributed by atoms with Gasteiger partial charge in [-0.2, -0.15) is 0 Å². The summed E-state index contributed by atoms with van der Waals surface area (Å²) in [6.07, 6.45) is 2.41. The van der Waals surface area contributed by atoms with Gasteiger partial charge in [0, 0.05) is 11.1 Å². The number of hydrogen-bond donors (Lipinski definition) is 0. The maximum atomic E-state index is 5.83. The van der Waals surface area contributed by atoms with Gasteiger partial charge < -0.3 is 9.47 Å². The lowest BCUT2D eigenvalue weighted by atomic mass is 10.1. The van der Waals surface area contributed by atoms with Crippen LogP contribution in [0.4, 0.5) is 0 Å². The second kappa shape index (κ2) is 5.65. The summed E-state index contributed by atoms with van der Waals surface area (Å²) in [4.78, 5) is 8.94. The predicted octanol–water partition coefficient (Wildman–Crippen LogP) is 2.80. The molecule has 2 atom stereocenters. The first kappa shape index (κ1) is 13.2. The molecule has 2 heterocycles. The molecule has 2 unspecified atom stereocenters. The van der Waals surface area contributed by atoms with E-state index < -0.39 is 0 Å². The SMILES string of the molecule is CCC1CN=C(c2cccc(C3=NCC(CC)O3)c2)O1. The molecular weight excluding hydrogens is 252 g/mol. The number of rotatable bonds is 4. The van der Waals surface area contributed by atoms with E-state index in [1.54, 1.807) is 0 Å². The fraction of sp³-hybridized carbons (Fsp3) is 0.500. The third-order valence-corrected chi connectivity index (χ3v) is 3.70. The fourth-order valence-electron chi connectivity index (χ4n) is 2.36. The first-order valence-electron chi connectivity index (χ1n) is 7.33. The van der Waals surface area contributed by atoms with E-state index in [2.05, 4.69) is 23.8 Å². The van der Waals surface area contributed by atoms with Crippen molar-refractivity contribution in [3.05, 3.63) is 35.4 Å². The van der Waals surface area contributed by atoms with Gasteiger partial charge in [-0.25, -0.2) is 9.98 Å². The van der Waals surface area contributed by atoms with E-state index in [-0.39, 0.29) is 12.2 Å². The average molecular weight is 272 g/mol. The number of ether oxygens (including phenoxy) is 2. The molecule has 0 fully saturated rings. The zero-order chi connectivity index (χ0) is 13.9. The molecule has 0 aliphatic carbocycles. The number of aliphatic imine (C=N–C) groups is 2. The number of benzene rings is 1. The van der Waals surface area contributed by atoms with Crippen LogP contribution in [0.15, 0.2) is 34.3 Å². The lowest BCUT2D eigenvalue weighted by Gasteiger charge is -2.11. The summed E-state index contributed by atoms with van der Waals surface area (Å²) in [5, 5.41) is 0. The summed E-state index contributed by atoms with van der Waals surface area (Å²) < 4.78 is 11.7. The van der Waals surface area contributed by atoms with Crippen LogP contribution in [0.5, 0.6) is 0 Å². The molecular formula is C16H20N2O2. The minimum atomic E-state index is 0.221. The van der Waals surface area contributed by atoms with Gasteiger partial charge in [-0.05, 0) is 31.0 Å². The van der Waals surface area contributed by atoms with E-state index in [4.69, 9.17) is 9.47 Å². The molecule has 0 radical (unpaired) electrons. The molecule has 106 valence electrons. The Morgan fingerprint density at radius 3 is 1.85 bits per heavy atom. The Hall–Kier alpha value is -1.84. The maximum absolute atomic E-state index is 5.83. The second-order valence-electron chi connectivity index (χ2n) is 5.17. The highest BCUT2D eigenvalue weighted by atomic mass is 16.5. The highest BCUT2D eigenvalue weighted by Gasteiger charge is 2.22. The van der Waals surface area contributed by atoms with Gasteiger partial charge in [-0.3, -0.25) is 0 Å². The first-order valence-corrected chi connectivity index (χ1v) is 7.33. The van der Waals surface area contributed by atoms with Gasteiger partial charge in [0.05, 0.1) is 13.1 Å². The van der Waals surface area contributed by atoms with Crippen molar-refractivity contribution >= 4 is 11.8 Å². The molecule has 0 spiro atoms. The molecule has 1 aromatic rings. The zero-order valence-electron chi connectivity index (χ0n) is 12.0. The molecule has 0 saturated carbocycles. The molecule has 2 aliphatic heterocycles. The molecule has 0 aromatic heterocycles. The van der Waals surface area contributed by atoms with E-state index in [9.17, 15) is 0 Å². The maximum Gasteiger partial charge on any atom is 0.216 e. The van der Waals surface area contributed by atoms with E-state index in [1.807, 2.05) is 24.3 Å². The Bertz CT molecular complexity index is 506. The number of hydrogen-bond acceptors (Lipinski definition) is 4. The Balaban J connectivity index is 1.77. The van der Waals surface area contributed by atoms with Crippen molar-refractivity contribution in [2.75, 3.05) is 13.1 Å². The highest BCUT2D eigenvalue weighted by Crippen LogP contribution is 2.19. The Morgan fingerprint density at radius 1 is 0.950 bits per heavy atom. The number of nitrogens with zero attached hydrogens (tertiary/aromatic N) is 2. The van der Waals surface area contributed by atoms with Gasteiger partial charge >= 0.3 is 0 Å². The van der Waals surface area contributed by atoms with Crippen molar-refractivity contribution in [3.63, 3.8) is 0 Å². The van der Waals surface area contributed by atoms with Crippen LogP contribution >= 0.6 is 0 Å². The monoisotopic (exact) mass is 272 g/mol. The quantitative estimate of drug-likeness (QED) is 0.846. The Kier molecular flexibility index (Phi) is 3.72. The summed E-state index contributed by atoms with van der Waals surface area (Å²) in [7, 11) is 0. The van der Waals surface area contributed by atoms with Gasteiger partial charge in [-0.1, -0.05) is 19.9 Å². The molecule has 3 rings (SSSR count). The van der Waals surface area contributed by atoms with Crippen molar-refractivity contribution in [3.8, 4) is 0 Å². The van der Waals surface area contributed by atoms with Crippen LogP contribution in [-0.4, -0.2) is 37.1 Å². The minimum absolute atomic E-state index is 0.221. The van der Waals surface area contributed by atoms with Crippen molar-refractivity contribution in [1.29, 1.82) is 0 Å². The summed E-state index contributed by atoms with van der Waals surface area (Å²) >= 11 is 0. The van der Waals surface area contributed by atoms with Crippen LogP contribution < -0.4 is 0 Å². The summed E-state index contributed by atoms with van der Waals surface area (Å²) in [6, 6.07) is 8.09. The molecule has 2 aliphatic rings. The largest absolute Gasteiger partial charge is 0.472 e. The Morgan fingerprint density at radius 2 is 1.45 bits per heavy atom. The van der Waals surface area contributed by atoms with E-state index >= 15 is 0 Å². The van der Waals surface area contributed by atoms with E-state index in [0.717, 1.165) is 48.9 Å². The average Bonchev–Trinajstić information content (AvgIpc) is 3.16. The third-order valence-electron chi connectivity index (χ3n) is 3.70. The van der Waals surface area contributed by atoms with Crippen molar-refractivity contribution in [2.45, 2.75) is 38.9 Å². The first-order chi connectivity index (χ1) is 9.80. The molecule has 0 N–H and O–H groups in total. The van der Waals surface area contributed by atoms with Gasteiger partial charge in [0.15, 0.2) is 0 Å². The minimum Gasteiger partial charge on any atom is -0.472 e. The molecule has 0 bridgehead atoms. The third kappa shape index (κ3) is 2.55. The molecule has 1 aromatic carbocycles. The second-order valence-corrected chi connectivity index (χ2v) is 5.17. The van der Waals surface area contributed by atoms with Crippen molar-refractivity contribution in [1.82, 2.24) is 0 Å². The Labute approximate surface area is 119 Å². The normalized spacial score (nSPS) is 24.9. The molecule has 0 saturated heterocycles. The predicted molar refractivity (Wildman–Crippen MR) is 79.6 cm³/mol.